The fourth-order valence-corrected chi connectivity index (χ4v) is 2.66. The Morgan fingerprint density at radius 2 is 1.55 bits per heavy atom. The summed E-state index contributed by atoms with van der Waals surface area (Å²) < 4.78 is 5.48. The molecule has 4 heteroatoms. The van der Waals surface area contributed by atoms with Crippen LogP contribution < -0.4 is 4.74 Å². The first-order chi connectivity index (χ1) is 10.6. The minimum atomic E-state index is -2.23. The Hall–Kier alpha value is -2.72. The maximum absolute atomic E-state index is 12.6. The monoisotopic (exact) mass is 294 g/mol. The Labute approximate surface area is 127 Å². The van der Waals surface area contributed by atoms with Crippen LogP contribution in [0.1, 0.15) is 26.3 Å². The van der Waals surface area contributed by atoms with Crippen molar-refractivity contribution in [3.63, 3.8) is 0 Å². The molecule has 0 spiro atoms. The fraction of sp³-hybridized carbons (Fsp3) is 0.111. The molecule has 0 aliphatic heterocycles. The summed E-state index contributed by atoms with van der Waals surface area (Å²) in [4.78, 5) is 25.2. The number of para-hydroxylation sites is 1. The molecule has 0 saturated carbocycles. The lowest BCUT2D eigenvalue weighted by atomic mass is 9.88. The van der Waals surface area contributed by atoms with Crippen LogP contribution in [0.25, 0.3) is 0 Å². The zero-order chi connectivity index (χ0) is 15.7. The van der Waals surface area contributed by atoms with E-state index in [4.69, 9.17) is 4.74 Å². The number of ether oxygens (including phenoxy) is 1. The van der Waals surface area contributed by atoms with E-state index in [0.29, 0.717) is 5.75 Å². The molecule has 0 radical (unpaired) electrons. The normalized spacial score (nSPS) is 15.5. The number of fused-ring (bicyclic) bond motifs is 1. The van der Waals surface area contributed by atoms with Gasteiger partial charge in [-0.15, -0.1) is 0 Å². The molecule has 0 bridgehead atoms. The zero-order valence-corrected chi connectivity index (χ0v) is 11.8. The lowest BCUT2D eigenvalue weighted by molar-refractivity contribution is 0.0311. The molecule has 0 saturated heterocycles. The number of ketones is 2. The molecule has 1 N–H and O–H groups in total. The summed E-state index contributed by atoms with van der Waals surface area (Å²) in [5, 5.41) is 10.9. The summed E-state index contributed by atoms with van der Waals surface area (Å²) in [6.07, 6.45) is 1.55. The van der Waals surface area contributed by atoms with Crippen LogP contribution in [0.2, 0.25) is 0 Å². The average molecular weight is 294 g/mol. The maximum atomic E-state index is 12.6. The molecule has 22 heavy (non-hydrogen) atoms. The van der Waals surface area contributed by atoms with Crippen LogP contribution in [0.5, 0.6) is 5.75 Å². The first kappa shape index (κ1) is 14.2. The van der Waals surface area contributed by atoms with E-state index in [9.17, 15) is 14.7 Å². The van der Waals surface area contributed by atoms with E-state index in [0.717, 1.165) is 0 Å². The van der Waals surface area contributed by atoms with E-state index in [1.54, 1.807) is 48.5 Å². The lowest BCUT2D eigenvalue weighted by Gasteiger charge is -2.22. The van der Waals surface area contributed by atoms with E-state index in [1.165, 1.54) is 6.07 Å². The van der Waals surface area contributed by atoms with E-state index in [-0.39, 0.29) is 23.3 Å². The number of Topliss-reactive ketones (excluding diaryl/α,β-unsaturated/α-hetero) is 2. The van der Waals surface area contributed by atoms with Crippen molar-refractivity contribution in [2.24, 2.45) is 0 Å². The van der Waals surface area contributed by atoms with Gasteiger partial charge in [0.25, 0.3) is 0 Å². The van der Waals surface area contributed by atoms with Crippen molar-refractivity contribution in [1.82, 2.24) is 0 Å². The molecule has 110 valence electrons. The molecule has 3 rings (SSSR count). The van der Waals surface area contributed by atoms with Crippen LogP contribution in [0.15, 0.2) is 61.2 Å². The number of hydrogen-bond donors (Lipinski definition) is 1. The third-order valence-corrected chi connectivity index (χ3v) is 3.71. The first-order valence-electron chi connectivity index (χ1n) is 6.85. The molecule has 0 unspecified atom stereocenters. The number of aliphatic hydroxyl groups is 1. The van der Waals surface area contributed by atoms with E-state index >= 15 is 0 Å². The Kier molecular flexibility index (Phi) is 3.39. The van der Waals surface area contributed by atoms with E-state index in [2.05, 4.69) is 6.58 Å². The summed E-state index contributed by atoms with van der Waals surface area (Å²) in [5.74, 6) is -0.954. The molecule has 2 aromatic carbocycles. The topological polar surface area (TPSA) is 63.6 Å². The Morgan fingerprint density at radius 3 is 2.14 bits per heavy atom. The summed E-state index contributed by atoms with van der Waals surface area (Å²) in [7, 11) is 0. The predicted molar refractivity (Wildman–Crippen MR) is 81.1 cm³/mol. The smallest absolute Gasteiger partial charge is 0.220 e. The molecule has 1 aliphatic carbocycles. The quantitative estimate of drug-likeness (QED) is 0.695. The SMILES string of the molecule is C=CCOc1ccccc1C1(O)C(=O)c2ccccc2C1=O. The summed E-state index contributed by atoms with van der Waals surface area (Å²) >= 11 is 0. The van der Waals surface area contributed by atoms with Crippen LogP contribution in [-0.2, 0) is 5.60 Å². The second-order valence-corrected chi connectivity index (χ2v) is 5.01. The Balaban J connectivity index is 2.15. The average Bonchev–Trinajstić information content (AvgIpc) is 2.76. The van der Waals surface area contributed by atoms with Crippen LogP contribution in [0.3, 0.4) is 0 Å². The van der Waals surface area contributed by atoms with Crippen molar-refractivity contribution < 1.29 is 19.4 Å². The van der Waals surface area contributed by atoms with Crippen molar-refractivity contribution in [3.8, 4) is 5.75 Å². The van der Waals surface area contributed by atoms with Gasteiger partial charge in [-0.1, -0.05) is 55.1 Å². The highest BCUT2D eigenvalue weighted by Gasteiger charge is 2.54. The summed E-state index contributed by atoms with van der Waals surface area (Å²) in [6.45, 7) is 3.77. The molecule has 0 aromatic heterocycles. The highest BCUT2D eigenvalue weighted by molar-refractivity contribution is 6.32. The van der Waals surface area contributed by atoms with Crippen molar-refractivity contribution in [2.45, 2.75) is 5.60 Å². The second-order valence-electron chi connectivity index (χ2n) is 5.01. The van der Waals surface area contributed by atoms with Gasteiger partial charge < -0.3 is 9.84 Å². The molecule has 0 atom stereocenters. The number of hydrogen-bond acceptors (Lipinski definition) is 4. The van der Waals surface area contributed by atoms with Crippen LogP contribution in [0, 0.1) is 0 Å². The number of carbonyl (C=O) groups is 2. The van der Waals surface area contributed by atoms with Crippen molar-refractivity contribution in [1.29, 1.82) is 0 Å². The van der Waals surface area contributed by atoms with Gasteiger partial charge in [0.05, 0.1) is 0 Å². The van der Waals surface area contributed by atoms with Gasteiger partial charge >= 0.3 is 0 Å². The number of carbonyl (C=O) groups excluding carboxylic acids is 2. The summed E-state index contributed by atoms with van der Waals surface area (Å²) in [5.41, 5.74) is -1.62. The van der Waals surface area contributed by atoms with Gasteiger partial charge in [-0.25, -0.2) is 0 Å². The Bertz CT molecular complexity index is 741. The van der Waals surface area contributed by atoms with Crippen molar-refractivity contribution in [3.05, 3.63) is 77.9 Å². The third-order valence-electron chi connectivity index (χ3n) is 3.71. The largest absolute Gasteiger partial charge is 0.489 e. The molecule has 0 heterocycles. The number of benzene rings is 2. The van der Waals surface area contributed by atoms with Gasteiger partial charge in [0, 0.05) is 16.7 Å². The summed E-state index contributed by atoms with van der Waals surface area (Å²) in [6, 6.07) is 12.9. The lowest BCUT2D eigenvalue weighted by Crippen LogP contribution is -2.38. The maximum Gasteiger partial charge on any atom is 0.220 e. The van der Waals surface area contributed by atoms with Crippen LogP contribution in [-0.4, -0.2) is 23.3 Å². The van der Waals surface area contributed by atoms with Gasteiger partial charge in [-0.2, -0.15) is 0 Å². The molecule has 4 nitrogen and oxygen atoms in total. The number of rotatable bonds is 4. The van der Waals surface area contributed by atoms with Gasteiger partial charge in [-0.3, -0.25) is 9.59 Å². The molecular formula is C18H14O4. The minimum Gasteiger partial charge on any atom is -0.489 e. The minimum absolute atomic E-state index is 0.156. The molecule has 0 amide bonds. The molecule has 0 fully saturated rings. The van der Waals surface area contributed by atoms with E-state index < -0.39 is 17.2 Å². The highest BCUT2D eigenvalue weighted by Crippen LogP contribution is 2.41. The predicted octanol–water partition coefficient (Wildman–Crippen LogP) is 2.52. The van der Waals surface area contributed by atoms with Crippen LogP contribution >= 0.6 is 0 Å². The fourth-order valence-electron chi connectivity index (χ4n) is 2.66. The zero-order valence-electron chi connectivity index (χ0n) is 11.8. The molecule has 1 aliphatic rings. The Morgan fingerprint density at radius 1 is 1.00 bits per heavy atom. The highest BCUT2D eigenvalue weighted by atomic mass is 16.5. The second kappa shape index (κ2) is 5.24. The van der Waals surface area contributed by atoms with Crippen molar-refractivity contribution >= 4 is 11.6 Å². The van der Waals surface area contributed by atoms with Gasteiger partial charge in [-0.05, 0) is 6.07 Å². The van der Waals surface area contributed by atoms with E-state index in [1.807, 2.05) is 0 Å². The van der Waals surface area contributed by atoms with Gasteiger partial charge in [0.1, 0.15) is 12.4 Å². The standard InChI is InChI=1S/C18H14O4/c1-2-11-22-15-10-6-5-9-14(15)18(21)16(19)12-7-3-4-8-13(12)17(18)20/h2-10,21H,1,11H2. The molecule has 2 aromatic rings. The molecular weight excluding hydrogens is 280 g/mol. The van der Waals surface area contributed by atoms with Crippen LogP contribution in [0.4, 0.5) is 0 Å². The van der Waals surface area contributed by atoms with Crippen molar-refractivity contribution in [2.75, 3.05) is 6.61 Å². The third kappa shape index (κ3) is 1.89. The van der Waals surface area contributed by atoms with Gasteiger partial charge in [0.15, 0.2) is 0 Å². The first-order valence-corrected chi connectivity index (χ1v) is 6.85. The van der Waals surface area contributed by atoms with Gasteiger partial charge in [0.2, 0.25) is 17.2 Å².